The highest BCUT2D eigenvalue weighted by Crippen LogP contribution is 2.34. The second-order valence-corrected chi connectivity index (χ2v) is 9.34. The molecule has 3 rings (SSSR count). The van der Waals surface area contributed by atoms with Crippen molar-refractivity contribution in [3.8, 4) is 0 Å². The Bertz CT molecular complexity index is 996. The summed E-state index contributed by atoms with van der Waals surface area (Å²) in [6.07, 6.45) is 6.97. The molecule has 2 N–H and O–H groups in total. The van der Waals surface area contributed by atoms with Crippen LogP contribution in [0.4, 0.5) is 4.79 Å². The van der Waals surface area contributed by atoms with Gasteiger partial charge in [-0.05, 0) is 45.1 Å². The predicted octanol–water partition coefficient (Wildman–Crippen LogP) is 3.24. The number of thiophene rings is 1. The van der Waals surface area contributed by atoms with Crippen molar-refractivity contribution in [2.45, 2.75) is 62.9 Å². The number of carbonyl (C=O) groups is 2. The van der Waals surface area contributed by atoms with Crippen molar-refractivity contribution in [3.63, 3.8) is 0 Å². The maximum absolute atomic E-state index is 13.3. The van der Waals surface area contributed by atoms with Crippen molar-refractivity contribution in [1.82, 2.24) is 20.2 Å². The third-order valence-corrected chi connectivity index (χ3v) is 7.10. The zero-order valence-corrected chi connectivity index (χ0v) is 18.4. The summed E-state index contributed by atoms with van der Waals surface area (Å²) in [5.41, 5.74) is 1.07. The first-order valence-corrected chi connectivity index (χ1v) is 11.6. The minimum atomic E-state index is -0.587. The van der Waals surface area contributed by atoms with Crippen LogP contribution in [0, 0.1) is 0 Å². The summed E-state index contributed by atoms with van der Waals surface area (Å²) < 4.78 is 1.58. The number of hydrogen-bond donors (Lipinski definition) is 2. The fraction of sp³-hybridized carbons (Fsp3) is 0.500. The maximum Gasteiger partial charge on any atom is 0.321 e. The van der Waals surface area contributed by atoms with Gasteiger partial charge in [0, 0.05) is 18.0 Å². The van der Waals surface area contributed by atoms with Gasteiger partial charge in [0.05, 0.1) is 10.6 Å². The minimum absolute atomic E-state index is 0.0758. The Hall–Kier alpha value is -2.13. The standard InChI is InChI=1S/C20H26N4O3S2/c1-4-11-24-18(26)15-13-9-7-6-8-10-14(13)29-17(15)23-20(24)28-12(3)16(25)22-19(27)21-5-2/h4,12H,1,5-11H2,2-3H3,(H2,21,22,25,27)/t12-/m0/s1. The maximum atomic E-state index is 13.3. The molecule has 0 spiro atoms. The molecule has 3 amide bonds. The van der Waals surface area contributed by atoms with E-state index in [4.69, 9.17) is 4.98 Å². The Labute approximate surface area is 178 Å². The lowest BCUT2D eigenvalue weighted by molar-refractivity contribution is -0.119. The molecule has 1 atom stereocenters. The molecule has 2 aromatic heterocycles. The molecule has 29 heavy (non-hydrogen) atoms. The average Bonchev–Trinajstić information content (AvgIpc) is 2.86. The van der Waals surface area contributed by atoms with Gasteiger partial charge in [0.1, 0.15) is 4.83 Å². The molecule has 0 saturated heterocycles. The van der Waals surface area contributed by atoms with Gasteiger partial charge in [-0.2, -0.15) is 0 Å². The summed E-state index contributed by atoms with van der Waals surface area (Å²) in [5, 5.41) is 5.44. The van der Waals surface area contributed by atoms with Crippen LogP contribution in [0.3, 0.4) is 0 Å². The second-order valence-electron chi connectivity index (χ2n) is 6.95. The molecule has 1 aliphatic rings. The molecule has 7 nitrogen and oxygen atoms in total. The summed E-state index contributed by atoms with van der Waals surface area (Å²) in [4.78, 5) is 44.0. The predicted molar refractivity (Wildman–Crippen MR) is 118 cm³/mol. The number of hydrogen-bond acceptors (Lipinski definition) is 6. The highest BCUT2D eigenvalue weighted by Gasteiger charge is 2.24. The number of aryl methyl sites for hydroxylation is 2. The summed E-state index contributed by atoms with van der Waals surface area (Å²) in [6.45, 7) is 7.97. The highest BCUT2D eigenvalue weighted by atomic mass is 32.2. The van der Waals surface area contributed by atoms with E-state index in [-0.39, 0.29) is 5.56 Å². The normalized spacial score (nSPS) is 14.7. The highest BCUT2D eigenvalue weighted by molar-refractivity contribution is 8.00. The van der Waals surface area contributed by atoms with Crippen LogP contribution in [0.2, 0.25) is 0 Å². The molecule has 9 heteroatoms. The topological polar surface area (TPSA) is 93.1 Å². The number of thioether (sulfide) groups is 1. The average molecular weight is 435 g/mol. The molecule has 0 aliphatic heterocycles. The summed E-state index contributed by atoms with van der Waals surface area (Å²) in [5.74, 6) is -0.428. The van der Waals surface area contributed by atoms with Gasteiger partial charge in [0.25, 0.3) is 5.56 Å². The van der Waals surface area contributed by atoms with Crippen molar-refractivity contribution in [2.75, 3.05) is 6.54 Å². The summed E-state index contributed by atoms with van der Waals surface area (Å²) >= 11 is 2.77. The molecule has 0 radical (unpaired) electrons. The van der Waals surface area contributed by atoms with Gasteiger partial charge in [0.2, 0.25) is 5.91 Å². The molecule has 1 aliphatic carbocycles. The van der Waals surface area contributed by atoms with Gasteiger partial charge in [0.15, 0.2) is 5.16 Å². The number of fused-ring (bicyclic) bond motifs is 3. The van der Waals surface area contributed by atoms with E-state index in [1.165, 1.54) is 23.1 Å². The van der Waals surface area contributed by atoms with Crippen LogP contribution >= 0.6 is 23.1 Å². The van der Waals surface area contributed by atoms with Crippen molar-refractivity contribution in [1.29, 1.82) is 0 Å². The first-order chi connectivity index (χ1) is 14.0. The van der Waals surface area contributed by atoms with E-state index < -0.39 is 17.2 Å². The Morgan fingerprint density at radius 1 is 1.34 bits per heavy atom. The summed E-state index contributed by atoms with van der Waals surface area (Å²) in [7, 11) is 0. The van der Waals surface area contributed by atoms with Crippen LogP contribution in [0.15, 0.2) is 22.6 Å². The van der Waals surface area contributed by atoms with E-state index in [1.807, 2.05) is 0 Å². The lowest BCUT2D eigenvalue weighted by Crippen LogP contribution is -2.42. The molecule has 2 heterocycles. The number of nitrogens with one attached hydrogen (secondary N) is 2. The third kappa shape index (κ3) is 4.72. The lowest BCUT2D eigenvalue weighted by atomic mass is 10.1. The molecule has 2 aromatic rings. The fourth-order valence-electron chi connectivity index (χ4n) is 3.41. The molecule has 0 unspecified atom stereocenters. The molecular weight excluding hydrogens is 408 g/mol. The molecule has 0 aromatic carbocycles. The molecule has 156 valence electrons. The van der Waals surface area contributed by atoms with E-state index in [1.54, 1.807) is 35.8 Å². The Balaban J connectivity index is 1.96. The molecule has 0 fully saturated rings. The van der Waals surface area contributed by atoms with Crippen LogP contribution in [0.1, 0.15) is 43.6 Å². The smallest absolute Gasteiger partial charge is 0.321 e. The van der Waals surface area contributed by atoms with Crippen molar-refractivity contribution >= 4 is 45.3 Å². The van der Waals surface area contributed by atoms with Gasteiger partial charge >= 0.3 is 6.03 Å². The Morgan fingerprint density at radius 2 is 2.10 bits per heavy atom. The summed E-state index contributed by atoms with van der Waals surface area (Å²) in [6, 6.07) is -0.529. The first kappa shape index (κ1) is 21.6. The van der Waals surface area contributed by atoms with Gasteiger partial charge in [-0.1, -0.05) is 24.3 Å². The molecular formula is C20H26N4O3S2. The lowest BCUT2D eigenvalue weighted by Gasteiger charge is -2.14. The van der Waals surface area contributed by atoms with Crippen molar-refractivity contribution < 1.29 is 9.59 Å². The second kappa shape index (κ2) is 9.58. The van der Waals surface area contributed by atoms with E-state index in [2.05, 4.69) is 17.2 Å². The van der Waals surface area contributed by atoms with Gasteiger partial charge in [-0.3, -0.25) is 19.5 Å². The van der Waals surface area contributed by atoms with Crippen molar-refractivity contribution in [3.05, 3.63) is 33.4 Å². The number of carbonyl (C=O) groups excluding carboxylic acids is 2. The Kier molecular flexibility index (Phi) is 7.13. The number of rotatable bonds is 6. The Morgan fingerprint density at radius 3 is 2.83 bits per heavy atom. The SMILES string of the molecule is C=CCn1c(S[C@@H](C)C(=O)NC(=O)NCC)nc2sc3c(c2c1=O)CCCCC3. The van der Waals surface area contributed by atoms with Crippen LogP contribution in [0.25, 0.3) is 10.2 Å². The van der Waals surface area contributed by atoms with Gasteiger partial charge in [-0.25, -0.2) is 9.78 Å². The third-order valence-electron chi connectivity index (χ3n) is 4.83. The number of nitrogens with zero attached hydrogens (tertiary/aromatic N) is 2. The number of allylic oxidation sites excluding steroid dienone is 1. The number of amides is 3. The van der Waals surface area contributed by atoms with Crippen LogP contribution in [-0.2, 0) is 24.2 Å². The van der Waals surface area contributed by atoms with Gasteiger partial charge in [-0.15, -0.1) is 17.9 Å². The quantitative estimate of drug-likeness (QED) is 0.315. The first-order valence-electron chi connectivity index (χ1n) is 9.87. The van der Waals surface area contributed by atoms with Crippen LogP contribution < -0.4 is 16.2 Å². The number of aromatic nitrogens is 2. The van der Waals surface area contributed by atoms with Crippen molar-refractivity contribution in [2.24, 2.45) is 0 Å². The molecule has 0 saturated carbocycles. The largest absolute Gasteiger partial charge is 0.338 e. The minimum Gasteiger partial charge on any atom is -0.338 e. The zero-order valence-electron chi connectivity index (χ0n) is 16.7. The van der Waals surface area contributed by atoms with E-state index >= 15 is 0 Å². The zero-order chi connectivity index (χ0) is 21.0. The number of urea groups is 1. The monoisotopic (exact) mass is 434 g/mol. The fourth-order valence-corrected chi connectivity index (χ4v) is 5.63. The van der Waals surface area contributed by atoms with Crippen LogP contribution in [-0.4, -0.2) is 33.3 Å². The van der Waals surface area contributed by atoms with E-state index in [0.717, 1.165) is 41.5 Å². The van der Waals surface area contributed by atoms with E-state index in [0.29, 0.717) is 18.2 Å². The van der Waals surface area contributed by atoms with E-state index in [9.17, 15) is 14.4 Å². The number of imide groups is 1. The molecule has 0 bridgehead atoms. The van der Waals surface area contributed by atoms with Crippen LogP contribution in [0.5, 0.6) is 0 Å². The van der Waals surface area contributed by atoms with Gasteiger partial charge < -0.3 is 5.32 Å².